The number of aromatic nitrogens is 2. The van der Waals surface area contributed by atoms with E-state index < -0.39 is 0 Å². The molecule has 0 amide bonds. The number of benzene rings is 2. The van der Waals surface area contributed by atoms with Crippen molar-refractivity contribution in [1.29, 1.82) is 0 Å². The van der Waals surface area contributed by atoms with Crippen LogP contribution in [0.2, 0.25) is 0 Å². The van der Waals surface area contributed by atoms with Gasteiger partial charge in [-0.15, -0.1) is 0 Å². The second-order valence-electron chi connectivity index (χ2n) is 7.80. The van der Waals surface area contributed by atoms with Crippen LogP contribution in [0.15, 0.2) is 44.7 Å². The SMILES string of the molecule is CCOc1c(I)cc(C=Nn2c(C3CCCCC3)nc3ccc(Br)cc3c2=O)cc1OC. The summed E-state index contributed by atoms with van der Waals surface area (Å²) in [6.07, 6.45) is 7.28. The van der Waals surface area contributed by atoms with Crippen molar-refractivity contribution in [3.8, 4) is 11.5 Å². The molecule has 8 heteroatoms. The largest absolute Gasteiger partial charge is 0.493 e. The van der Waals surface area contributed by atoms with E-state index in [1.54, 1.807) is 13.3 Å². The first-order chi connectivity index (χ1) is 15.5. The summed E-state index contributed by atoms with van der Waals surface area (Å²) < 4.78 is 14.5. The summed E-state index contributed by atoms with van der Waals surface area (Å²) in [6, 6.07) is 9.45. The van der Waals surface area contributed by atoms with Crippen molar-refractivity contribution >= 4 is 55.6 Å². The van der Waals surface area contributed by atoms with Gasteiger partial charge in [0.15, 0.2) is 11.5 Å². The Labute approximate surface area is 209 Å². The van der Waals surface area contributed by atoms with Crippen molar-refractivity contribution < 1.29 is 9.47 Å². The summed E-state index contributed by atoms with van der Waals surface area (Å²) in [4.78, 5) is 18.3. The Bertz CT molecular complexity index is 1220. The molecule has 1 aliphatic carbocycles. The fourth-order valence-corrected chi connectivity index (χ4v) is 5.27. The van der Waals surface area contributed by atoms with Crippen molar-refractivity contribution in [1.82, 2.24) is 9.66 Å². The predicted octanol–water partition coefficient (Wildman–Crippen LogP) is 6.10. The number of methoxy groups -OCH3 is 1. The number of hydrogen-bond acceptors (Lipinski definition) is 5. The zero-order valence-corrected chi connectivity index (χ0v) is 21.8. The van der Waals surface area contributed by atoms with Gasteiger partial charge in [-0.25, -0.2) is 4.98 Å². The molecule has 0 aliphatic heterocycles. The lowest BCUT2D eigenvalue weighted by Crippen LogP contribution is -2.25. The average Bonchev–Trinajstić information content (AvgIpc) is 2.80. The van der Waals surface area contributed by atoms with Gasteiger partial charge in [0.25, 0.3) is 5.56 Å². The summed E-state index contributed by atoms with van der Waals surface area (Å²) in [5.41, 5.74) is 1.38. The van der Waals surface area contributed by atoms with E-state index in [1.807, 2.05) is 37.3 Å². The van der Waals surface area contributed by atoms with Crippen LogP contribution in [0.1, 0.15) is 56.3 Å². The molecule has 168 valence electrons. The molecule has 0 unspecified atom stereocenters. The minimum atomic E-state index is -0.152. The van der Waals surface area contributed by atoms with Gasteiger partial charge in [0, 0.05) is 10.4 Å². The maximum absolute atomic E-state index is 13.4. The lowest BCUT2D eigenvalue weighted by Gasteiger charge is -2.22. The smallest absolute Gasteiger partial charge is 0.282 e. The van der Waals surface area contributed by atoms with Crippen LogP contribution in [-0.2, 0) is 0 Å². The number of ether oxygens (including phenoxy) is 2. The highest BCUT2D eigenvalue weighted by atomic mass is 127. The second kappa shape index (κ2) is 10.3. The summed E-state index contributed by atoms with van der Waals surface area (Å²) >= 11 is 5.69. The Hall–Kier alpha value is -1.94. The van der Waals surface area contributed by atoms with Gasteiger partial charge in [0.1, 0.15) is 5.82 Å². The highest BCUT2D eigenvalue weighted by Crippen LogP contribution is 2.34. The molecule has 4 rings (SSSR count). The van der Waals surface area contributed by atoms with Crippen molar-refractivity contribution in [3.63, 3.8) is 0 Å². The van der Waals surface area contributed by atoms with E-state index >= 15 is 0 Å². The minimum absolute atomic E-state index is 0.152. The molecule has 32 heavy (non-hydrogen) atoms. The van der Waals surface area contributed by atoms with Gasteiger partial charge in [-0.3, -0.25) is 4.79 Å². The van der Waals surface area contributed by atoms with E-state index in [0.717, 1.165) is 45.1 Å². The third-order valence-electron chi connectivity index (χ3n) is 5.67. The van der Waals surface area contributed by atoms with Gasteiger partial charge in [0.05, 0.1) is 34.4 Å². The maximum Gasteiger partial charge on any atom is 0.282 e. The Morgan fingerprint density at radius 3 is 2.75 bits per heavy atom. The molecule has 1 aromatic heterocycles. The Morgan fingerprint density at radius 2 is 2.03 bits per heavy atom. The Kier molecular flexibility index (Phi) is 7.50. The number of nitrogens with zero attached hydrogens (tertiary/aromatic N) is 3. The van der Waals surface area contributed by atoms with Crippen molar-refractivity contribution in [3.05, 3.63) is 60.1 Å². The van der Waals surface area contributed by atoms with E-state index in [2.05, 4.69) is 43.6 Å². The van der Waals surface area contributed by atoms with Crippen LogP contribution in [-0.4, -0.2) is 29.6 Å². The second-order valence-corrected chi connectivity index (χ2v) is 9.87. The number of halogens is 2. The van der Waals surface area contributed by atoms with E-state index in [4.69, 9.17) is 14.5 Å². The minimum Gasteiger partial charge on any atom is -0.493 e. The van der Waals surface area contributed by atoms with Crippen LogP contribution in [0.25, 0.3) is 10.9 Å². The fourth-order valence-electron chi connectivity index (χ4n) is 4.13. The normalized spacial score (nSPS) is 14.9. The van der Waals surface area contributed by atoms with Gasteiger partial charge >= 0.3 is 0 Å². The topological polar surface area (TPSA) is 65.7 Å². The summed E-state index contributed by atoms with van der Waals surface area (Å²) in [5, 5.41) is 5.18. The van der Waals surface area contributed by atoms with E-state index in [1.165, 1.54) is 11.1 Å². The standard InChI is InChI=1S/C24H25BrIN3O3/c1-3-32-22-19(26)11-15(12-21(22)31-2)14-27-29-23(16-7-5-4-6-8-16)28-20-10-9-17(25)13-18(20)24(29)30/h9-14,16H,3-8H2,1-2H3. The molecule has 0 atom stereocenters. The molecule has 0 radical (unpaired) electrons. The van der Waals surface area contributed by atoms with Gasteiger partial charge in [-0.05, 0) is 78.3 Å². The van der Waals surface area contributed by atoms with Gasteiger partial charge in [0.2, 0.25) is 0 Å². The number of rotatable bonds is 6. The highest BCUT2D eigenvalue weighted by molar-refractivity contribution is 14.1. The first kappa shape index (κ1) is 23.2. The summed E-state index contributed by atoms with van der Waals surface area (Å²) in [7, 11) is 1.62. The van der Waals surface area contributed by atoms with Crippen LogP contribution in [0.4, 0.5) is 0 Å². The molecule has 6 nitrogen and oxygen atoms in total. The Morgan fingerprint density at radius 1 is 1.25 bits per heavy atom. The van der Waals surface area contributed by atoms with Crippen LogP contribution >= 0.6 is 38.5 Å². The fraction of sp³-hybridized carbons (Fsp3) is 0.375. The van der Waals surface area contributed by atoms with E-state index in [9.17, 15) is 4.79 Å². The lowest BCUT2D eigenvalue weighted by molar-refractivity contribution is 0.308. The molecule has 1 fully saturated rings. The van der Waals surface area contributed by atoms with Crippen LogP contribution in [0.3, 0.4) is 0 Å². The van der Waals surface area contributed by atoms with E-state index in [0.29, 0.717) is 29.0 Å². The molecule has 0 N–H and O–H groups in total. The van der Waals surface area contributed by atoms with Crippen LogP contribution in [0, 0.1) is 3.57 Å². The zero-order chi connectivity index (χ0) is 22.7. The predicted molar refractivity (Wildman–Crippen MR) is 139 cm³/mol. The first-order valence-corrected chi connectivity index (χ1v) is 12.7. The molecular weight excluding hydrogens is 585 g/mol. The van der Waals surface area contributed by atoms with Gasteiger partial charge in [-0.2, -0.15) is 9.78 Å². The third kappa shape index (κ3) is 4.85. The molecule has 1 heterocycles. The van der Waals surface area contributed by atoms with E-state index in [-0.39, 0.29) is 11.5 Å². The maximum atomic E-state index is 13.4. The zero-order valence-electron chi connectivity index (χ0n) is 18.1. The quantitative estimate of drug-likeness (QED) is 0.250. The molecule has 0 saturated heterocycles. The van der Waals surface area contributed by atoms with Crippen molar-refractivity contribution in [2.45, 2.75) is 44.9 Å². The molecule has 2 aromatic carbocycles. The average molecular weight is 610 g/mol. The van der Waals surface area contributed by atoms with Gasteiger partial charge < -0.3 is 9.47 Å². The number of fused-ring (bicyclic) bond motifs is 1. The molecule has 3 aromatic rings. The monoisotopic (exact) mass is 609 g/mol. The van der Waals surface area contributed by atoms with Gasteiger partial charge in [-0.1, -0.05) is 35.2 Å². The van der Waals surface area contributed by atoms with Crippen molar-refractivity contribution in [2.24, 2.45) is 5.10 Å². The van der Waals surface area contributed by atoms with Crippen molar-refractivity contribution in [2.75, 3.05) is 13.7 Å². The Balaban J connectivity index is 1.82. The number of hydrogen-bond donors (Lipinski definition) is 0. The molecular formula is C24H25BrIN3O3. The molecule has 0 spiro atoms. The summed E-state index contributed by atoms with van der Waals surface area (Å²) in [6.45, 7) is 2.49. The third-order valence-corrected chi connectivity index (χ3v) is 6.96. The first-order valence-electron chi connectivity index (χ1n) is 10.8. The molecule has 0 bridgehead atoms. The highest BCUT2D eigenvalue weighted by Gasteiger charge is 2.22. The van der Waals surface area contributed by atoms with Crippen LogP contribution in [0.5, 0.6) is 11.5 Å². The molecule has 1 aliphatic rings. The lowest BCUT2D eigenvalue weighted by atomic mass is 9.88. The summed E-state index contributed by atoms with van der Waals surface area (Å²) in [5.74, 6) is 2.33. The molecule has 1 saturated carbocycles. The van der Waals surface area contributed by atoms with Crippen LogP contribution < -0.4 is 15.0 Å².